The van der Waals surface area contributed by atoms with Gasteiger partial charge in [-0.1, -0.05) is 35.9 Å². The van der Waals surface area contributed by atoms with Gasteiger partial charge in [0.2, 0.25) is 5.91 Å². The molecule has 0 atom stereocenters. The molecule has 6 heteroatoms. The Kier molecular flexibility index (Phi) is 5.98. The average molecular weight is 420 g/mol. The molecule has 144 valence electrons. The molecule has 0 unspecified atom stereocenters. The largest absolute Gasteiger partial charge is 0.330 e. The number of carbonyl (C=O) groups excluding carboxylic acids is 1. The van der Waals surface area contributed by atoms with Gasteiger partial charge in [0.1, 0.15) is 0 Å². The monoisotopic (exact) mass is 419 g/mol. The van der Waals surface area contributed by atoms with Gasteiger partial charge in [-0.3, -0.25) is 14.8 Å². The van der Waals surface area contributed by atoms with Crippen LogP contribution in [-0.4, -0.2) is 20.8 Å². The molecule has 4 rings (SSSR count). The number of aromatic nitrogens is 2. The molecule has 0 aliphatic carbocycles. The lowest BCUT2D eigenvalue weighted by molar-refractivity contribution is -0.127. The number of amides is 1. The average Bonchev–Trinajstić information content (AvgIpc) is 3.09. The van der Waals surface area contributed by atoms with Crippen LogP contribution in [0.4, 0.5) is 0 Å². The molecule has 3 aromatic heterocycles. The zero-order chi connectivity index (χ0) is 20.1. The van der Waals surface area contributed by atoms with E-state index >= 15 is 0 Å². The van der Waals surface area contributed by atoms with Crippen molar-refractivity contribution in [2.75, 3.05) is 0 Å². The predicted octanol–water partition coefficient (Wildman–Crippen LogP) is 5.59. The topological polar surface area (TPSA) is 46.1 Å². The molecule has 3 heterocycles. The first-order valence-corrected chi connectivity index (χ1v) is 10.3. The van der Waals surface area contributed by atoms with Crippen molar-refractivity contribution in [1.82, 2.24) is 14.9 Å². The summed E-state index contributed by atoms with van der Waals surface area (Å²) in [6.07, 6.45) is 10.4. The van der Waals surface area contributed by atoms with Crippen molar-refractivity contribution in [3.8, 4) is 0 Å². The van der Waals surface area contributed by atoms with E-state index in [2.05, 4.69) is 9.97 Å². The van der Waals surface area contributed by atoms with Crippen LogP contribution in [0.3, 0.4) is 0 Å². The Balaban J connectivity index is 1.57. The fourth-order valence-corrected chi connectivity index (χ4v) is 4.42. The van der Waals surface area contributed by atoms with Crippen LogP contribution in [0.1, 0.15) is 16.0 Å². The lowest BCUT2D eigenvalue weighted by Crippen LogP contribution is -2.28. The van der Waals surface area contributed by atoms with Crippen molar-refractivity contribution in [3.63, 3.8) is 0 Å². The van der Waals surface area contributed by atoms with Crippen LogP contribution < -0.4 is 0 Å². The number of hydrogen-bond donors (Lipinski definition) is 0. The summed E-state index contributed by atoms with van der Waals surface area (Å²) in [5.41, 5.74) is 1.99. The SMILES string of the molecule is O=C(C=Cc1sc2ccccc2c1Cl)N(Cc1ccncc1)Cc1cccnc1. The van der Waals surface area contributed by atoms with Gasteiger partial charge in [-0.25, -0.2) is 0 Å². The molecular formula is C23H18ClN3OS. The summed E-state index contributed by atoms with van der Waals surface area (Å²) in [5.74, 6) is -0.0841. The second kappa shape index (κ2) is 8.99. The van der Waals surface area contributed by atoms with Gasteiger partial charge in [-0.15, -0.1) is 11.3 Å². The summed E-state index contributed by atoms with van der Waals surface area (Å²) >= 11 is 8.08. The molecule has 4 aromatic rings. The van der Waals surface area contributed by atoms with Crippen LogP contribution in [0.5, 0.6) is 0 Å². The Labute approximate surface area is 178 Å². The maximum Gasteiger partial charge on any atom is 0.247 e. The Morgan fingerprint density at radius 3 is 2.52 bits per heavy atom. The standard InChI is InChI=1S/C23H18ClN3OS/c24-23-19-5-1-2-6-20(19)29-21(23)7-8-22(28)27(15-17-9-12-25-13-10-17)16-18-4-3-11-26-14-18/h1-14H,15-16H2. The quantitative estimate of drug-likeness (QED) is 0.383. The predicted molar refractivity (Wildman–Crippen MR) is 119 cm³/mol. The normalized spacial score (nSPS) is 11.2. The molecule has 0 fully saturated rings. The van der Waals surface area contributed by atoms with Gasteiger partial charge in [-0.2, -0.15) is 0 Å². The molecule has 0 bridgehead atoms. The third-order valence-corrected chi connectivity index (χ3v) is 6.12. The van der Waals surface area contributed by atoms with E-state index in [1.807, 2.05) is 48.5 Å². The third kappa shape index (κ3) is 4.70. The summed E-state index contributed by atoms with van der Waals surface area (Å²) in [7, 11) is 0. The highest BCUT2D eigenvalue weighted by Gasteiger charge is 2.14. The summed E-state index contributed by atoms with van der Waals surface area (Å²) in [4.78, 5) is 23.9. The molecule has 1 aromatic carbocycles. The molecule has 0 aliphatic rings. The van der Waals surface area contributed by atoms with Crippen LogP contribution in [-0.2, 0) is 17.9 Å². The van der Waals surface area contributed by atoms with E-state index in [-0.39, 0.29) is 5.91 Å². The molecule has 29 heavy (non-hydrogen) atoms. The van der Waals surface area contributed by atoms with E-state index in [4.69, 9.17) is 11.6 Å². The highest BCUT2D eigenvalue weighted by molar-refractivity contribution is 7.20. The van der Waals surface area contributed by atoms with E-state index in [1.54, 1.807) is 53.2 Å². The number of carbonyl (C=O) groups is 1. The number of pyridine rings is 2. The number of fused-ring (bicyclic) bond motifs is 1. The highest BCUT2D eigenvalue weighted by Crippen LogP contribution is 2.35. The lowest BCUT2D eigenvalue weighted by atomic mass is 10.2. The van der Waals surface area contributed by atoms with Gasteiger partial charge in [0.05, 0.1) is 5.02 Å². The first-order chi connectivity index (χ1) is 14.2. The number of benzene rings is 1. The van der Waals surface area contributed by atoms with Crippen molar-refractivity contribution in [2.24, 2.45) is 0 Å². The Morgan fingerprint density at radius 2 is 1.76 bits per heavy atom. The first-order valence-electron chi connectivity index (χ1n) is 9.12. The molecule has 0 aliphatic heterocycles. The van der Waals surface area contributed by atoms with Crippen molar-refractivity contribution in [1.29, 1.82) is 0 Å². The van der Waals surface area contributed by atoms with E-state index < -0.39 is 0 Å². The van der Waals surface area contributed by atoms with Crippen molar-refractivity contribution >= 4 is 45.0 Å². The minimum absolute atomic E-state index is 0.0841. The number of halogens is 1. The molecule has 4 nitrogen and oxygen atoms in total. The Bertz CT molecular complexity index is 1100. The molecule has 0 spiro atoms. The fourth-order valence-electron chi connectivity index (χ4n) is 3.02. The van der Waals surface area contributed by atoms with Gasteiger partial charge in [0.25, 0.3) is 0 Å². The van der Waals surface area contributed by atoms with E-state index in [9.17, 15) is 4.79 Å². The van der Waals surface area contributed by atoms with Gasteiger partial charge in [-0.05, 0) is 41.5 Å². The molecule has 0 saturated carbocycles. The maximum absolute atomic E-state index is 13.0. The summed E-state index contributed by atoms with van der Waals surface area (Å²) in [5, 5.41) is 1.69. The second-order valence-corrected chi connectivity index (χ2v) is 7.98. The van der Waals surface area contributed by atoms with Crippen molar-refractivity contribution in [2.45, 2.75) is 13.1 Å². The summed E-state index contributed by atoms with van der Waals surface area (Å²) in [6.45, 7) is 0.959. The van der Waals surface area contributed by atoms with Crippen LogP contribution in [0, 0.1) is 0 Å². The molecule has 0 N–H and O–H groups in total. The van der Waals surface area contributed by atoms with E-state index in [0.29, 0.717) is 18.1 Å². The first kappa shape index (κ1) is 19.3. The Morgan fingerprint density at radius 1 is 0.966 bits per heavy atom. The summed E-state index contributed by atoms with van der Waals surface area (Å²) < 4.78 is 1.11. The second-order valence-electron chi connectivity index (χ2n) is 6.52. The number of nitrogens with zero attached hydrogens (tertiary/aromatic N) is 3. The number of rotatable bonds is 6. The summed E-state index contributed by atoms with van der Waals surface area (Å²) in [6, 6.07) is 15.6. The van der Waals surface area contributed by atoms with Gasteiger partial charge in [0, 0.05) is 58.9 Å². The zero-order valence-electron chi connectivity index (χ0n) is 15.5. The molecule has 1 amide bonds. The van der Waals surface area contributed by atoms with Crippen LogP contribution in [0.2, 0.25) is 5.02 Å². The minimum Gasteiger partial charge on any atom is -0.330 e. The van der Waals surface area contributed by atoms with Crippen molar-refractivity contribution in [3.05, 3.63) is 100 Å². The van der Waals surface area contributed by atoms with E-state index in [1.165, 1.54) is 0 Å². The van der Waals surface area contributed by atoms with Crippen LogP contribution in [0.25, 0.3) is 16.2 Å². The maximum atomic E-state index is 13.0. The minimum atomic E-state index is -0.0841. The Hall–Kier alpha value is -3.02. The highest BCUT2D eigenvalue weighted by atomic mass is 35.5. The van der Waals surface area contributed by atoms with Gasteiger partial charge >= 0.3 is 0 Å². The molecule has 0 saturated heterocycles. The van der Waals surface area contributed by atoms with Crippen LogP contribution >= 0.6 is 22.9 Å². The zero-order valence-corrected chi connectivity index (χ0v) is 17.1. The van der Waals surface area contributed by atoms with Gasteiger partial charge in [0.15, 0.2) is 0 Å². The van der Waals surface area contributed by atoms with Gasteiger partial charge < -0.3 is 4.90 Å². The lowest BCUT2D eigenvalue weighted by Gasteiger charge is -2.21. The molecule has 0 radical (unpaired) electrons. The smallest absolute Gasteiger partial charge is 0.247 e. The third-order valence-electron chi connectivity index (χ3n) is 4.47. The van der Waals surface area contributed by atoms with E-state index in [0.717, 1.165) is 26.1 Å². The molecular weight excluding hydrogens is 402 g/mol. The van der Waals surface area contributed by atoms with Crippen LogP contribution in [0.15, 0.2) is 79.4 Å². The van der Waals surface area contributed by atoms with Crippen molar-refractivity contribution < 1.29 is 4.79 Å². The fraction of sp³-hybridized carbons (Fsp3) is 0.0870. The number of hydrogen-bond acceptors (Lipinski definition) is 4. The number of thiophene rings is 1.